The Balaban J connectivity index is 2.79. The van der Waals surface area contributed by atoms with Crippen molar-refractivity contribution in [1.29, 1.82) is 0 Å². The van der Waals surface area contributed by atoms with E-state index in [1.165, 1.54) is 0 Å². The van der Waals surface area contributed by atoms with Gasteiger partial charge >= 0.3 is 5.97 Å². The molecule has 0 N–H and O–H groups in total. The Labute approximate surface area is 146 Å². The van der Waals surface area contributed by atoms with Crippen molar-refractivity contribution in [3.8, 4) is 0 Å². The molecule has 0 bridgehead atoms. The topological polar surface area (TPSA) is 43.4 Å². The first-order chi connectivity index (χ1) is 10.4. The zero-order valence-electron chi connectivity index (χ0n) is 11.1. The quantitative estimate of drug-likeness (QED) is 0.524. The number of benzene rings is 2. The van der Waals surface area contributed by atoms with Crippen LogP contribution in [-0.4, -0.2) is 11.8 Å². The molecule has 2 aromatic carbocycles. The predicted octanol–water partition coefficient (Wildman–Crippen LogP) is 5.50. The van der Waals surface area contributed by atoms with Crippen LogP contribution in [0.5, 0.6) is 0 Å². The van der Waals surface area contributed by atoms with Crippen LogP contribution < -0.4 is 0 Å². The summed E-state index contributed by atoms with van der Waals surface area (Å²) in [6.45, 7) is 1.59. The Morgan fingerprint density at radius 2 is 1.50 bits per heavy atom. The summed E-state index contributed by atoms with van der Waals surface area (Å²) >= 11 is 23.4. The van der Waals surface area contributed by atoms with E-state index in [1.54, 1.807) is 37.3 Å². The van der Waals surface area contributed by atoms with Gasteiger partial charge in [0.05, 0.1) is 26.2 Å². The Bertz CT molecular complexity index is 757. The lowest BCUT2D eigenvalue weighted by Gasteiger charge is -2.14. The summed E-state index contributed by atoms with van der Waals surface area (Å²) in [7, 11) is 0. The molecule has 0 saturated carbocycles. The summed E-state index contributed by atoms with van der Waals surface area (Å²) in [4.78, 5) is 24.6. The summed E-state index contributed by atoms with van der Waals surface area (Å²) in [5.74, 6) is -1.49. The van der Waals surface area contributed by atoms with Crippen LogP contribution in [0.25, 0.3) is 0 Å². The van der Waals surface area contributed by atoms with Crippen LogP contribution in [0.4, 0.5) is 0 Å². The van der Waals surface area contributed by atoms with Crippen molar-refractivity contribution in [1.82, 2.24) is 0 Å². The molecule has 7 heteroatoms. The Morgan fingerprint density at radius 3 is 2.05 bits per heavy atom. The fourth-order valence-corrected chi connectivity index (χ4v) is 2.86. The van der Waals surface area contributed by atoms with E-state index >= 15 is 0 Å². The van der Waals surface area contributed by atoms with Crippen LogP contribution in [0.1, 0.15) is 31.8 Å². The van der Waals surface area contributed by atoms with E-state index in [1.807, 2.05) is 0 Å². The van der Waals surface area contributed by atoms with E-state index in [4.69, 9.17) is 46.7 Å². The maximum Gasteiger partial charge on any atom is 0.358 e. The second kappa shape index (κ2) is 6.88. The third kappa shape index (κ3) is 2.95. The van der Waals surface area contributed by atoms with Crippen LogP contribution in [0.15, 0.2) is 30.3 Å². The number of rotatable bonds is 3. The molecule has 0 radical (unpaired) electrons. The van der Waals surface area contributed by atoms with Gasteiger partial charge in [0.15, 0.2) is 5.78 Å². The molecule has 22 heavy (non-hydrogen) atoms. The molecule has 114 valence electrons. The van der Waals surface area contributed by atoms with E-state index < -0.39 is 11.8 Å². The zero-order valence-corrected chi connectivity index (χ0v) is 14.1. The van der Waals surface area contributed by atoms with Crippen molar-refractivity contribution in [2.75, 3.05) is 0 Å². The fraction of sp³-hybridized carbons (Fsp3) is 0.0667. The minimum atomic E-state index is -1.00. The molecule has 0 aliphatic rings. The summed E-state index contributed by atoms with van der Waals surface area (Å²) in [6, 6.07) is 8.31. The average Bonchev–Trinajstić information content (AvgIpc) is 2.55. The third-order valence-electron chi connectivity index (χ3n) is 3.08. The van der Waals surface area contributed by atoms with E-state index in [2.05, 4.69) is 4.29 Å². The van der Waals surface area contributed by atoms with Gasteiger partial charge in [-0.3, -0.25) is 4.79 Å². The third-order valence-corrected chi connectivity index (χ3v) is 4.64. The van der Waals surface area contributed by atoms with Gasteiger partial charge in [-0.2, -0.15) is 0 Å². The Kier molecular flexibility index (Phi) is 5.35. The number of hydrogen-bond acceptors (Lipinski definition) is 3. The molecule has 0 atom stereocenters. The normalized spacial score (nSPS) is 10.4. The Morgan fingerprint density at radius 1 is 0.909 bits per heavy atom. The molecular formula is C15H8Cl4O3. The molecule has 0 aromatic heterocycles. The molecule has 0 saturated heterocycles. The number of carbonyl (C=O) groups is 2. The van der Waals surface area contributed by atoms with Crippen LogP contribution in [0, 0.1) is 6.92 Å². The van der Waals surface area contributed by atoms with Gasteiger partial charge in [-0.15, -0.1) is 0 Å². The van der Waals surface area contributed by atoms with Gasteiger partial charge in [-0.05, 0) is 12.5 Å². The second-order valence-electron chi connectivity index (χ2n) is 4.38. The lowest BCUT2D eigenvalue weighted by Crippen LogP contribution is -2.13. The van der Waals surface area contributed by atoms with Gasteiger partial charge in [-0.1, -0.05) is 65.1 Å². The minimum Gasteiger partial charge on any atom is -0.343 e. The van der Waals surface area contributed by atoms with Crippen LogP contribution in [0.3, 0.4) is 0 Å². The number of halogens is 4. The number of ketones is 1. The molecule has 0 amide bonds. The van der Waals surface area contributed by atoms with Gasteiger partial charge in [0.25, 0.3) is 0 Å². The summed E-state index contributed by atoms with van der Waals surface area (Å²) in [6.07, 6.45) is 0. The smallest absolute Gasteiger partial charge is 0.343 e. The first kappa shape index (κ1) is 17.1. The average molecular weight is 378 g/mol. The highest BCUT2D eigenvalue weighted by atomic mass is 35.5. The van der Waals surface area contributed by atoms with Crippen molar-refractivity contribution < 1.29 is 13.9 Å². The molecule has 0 unspecified atom stereocenters. The molecule has 3 nitrogen and oxygen atoms in total. The van der Waals surface area contributed by atoms with Gasteiger partial charge in [-0.25, -0.2) is 4.79 Å². The molecule has 2 rings (SSSR count). The van der Waals surface area contributed by atoms with E-state index in [0.717, 1.165) is 0 Å². The largest absolute Gasteiger partial charge is 0.358 e. The van der Waals surface area contributed by atoms with Gasteiger partial charge in [0.1, 0.15) is 11.9 Å². The predicted molar refractivity (Wildman–Crippen MR) is 87.4 cm³/mol. The van der Waals surface area contributed by atoms with Crippen LogP contribution in [0.2, 0.25) is 15.1 Å². The maximum atomic E-state index is 12.7. The van der Waals surface area contributed by atoms with Crippen molar-refractivity contribution in [2.24, 2.45) is 0 Å². The number of hydrogen-bond donors (Lipinski definition) is 0. The molecule has 0 aliphatic heterocycles. The lowest BCUT2D eigenvalue weighted by molar-refractivity contribution is 0.0747. The minimum absolute atomic E-state index is 0.0281. The molecule has 0 aliphatic carbocycles. The van der Waals surface area contributed by atoms with Crippen LogP contribution in [-0.2, 0) is 4.29 Å². The maximum absolute atomic E-state index is 12.7. The summed E-state index contributed by atoms with van der Waals surface area (Å²) in [5, 5.41) is -0.0397. The molecule has 0 heterocycles. The van der Waals surface area contributed by atoms with Crippen molar-refractivity contribution in [3.63, 3.8) is 0 Å². The Hall–Kier alpha value is -1.26. The molecule has 0 spiro atoms. The highest BCUT2D eigenvalue weighted by molar-refractivity contribution is 6.48. The zero-order chi connectivity index (χ0) is 16.4. The van der Waals surface area contributed by atoms with Gasteiger partial charge in [0.2, 0.25) is 0 Å². The lowest BCUT2D eigenvalue weighted by atomic mass is 9.96. The van der Waals surface area contributed by atoms with Crippen molar-refractivity contribution in [2.45, 2.75) is 6.92 Å². The second-order valence-corrected chi connectivity index (χ2v) is 5.66. The molecule has 2 aromatic rings. The van der Waals surface area contributed by atoms with Crippen molar-refractivity contribution in [3.05, 3.63) is 67.7 Å². The molecule has 0 fully saturated rings. The van der Waals surface area contributed by atoms with E-state index in [9.17, 15) is 9.59 Å². The first-order valence-corrected chi connectivity index (χ1v) is 7.44. The highest BCUT2D eigenvalue weighted by Crippen LogP contribution is 2.39. The van der Waals surface area contributed by atoms with Gasteiger partial charge in [0, 0.05) is 5.56 Å². The summed E-state index contributed by atoms with van der Waals surface area (Å²) in [5.41, 5.74) is 0.376. The van der Waals surface area contributed by atoms with Gasteiger partial charge < -0.3 is 4.29 Å². The SMILES string of the molecule is Cc1c(Cl)c(Cl)c(C(=O)OCl)c(C(=O)c2ccccc2)c1Cl. The monoisotopic (exact) mass is 376 g/mol. The summed E-state index contributed by atoms with van der Waals surface area (Å²) < 4.78 is 4.17. The van der Waals surface area contributed by atoms with E-state index in [0.29, 0.717) is 11.1 Å². The fourth-order valence-electron chi connectivity index (χ4n) is 1.96. The standard InChI is InChI=1S/C15H8Cl4O3/c1-7-11(16)9(14(20)8-5-3-2-4-6-8)10(15(21)22-19)13(18)12(7)17/h2-6H,1H3. The van der Waals surface area contributed by atoms with E-state index in [-0.39, 0.29) is 26.2 Å². The highest BCUT2D eigenvalue weighted by Gasteiger charge is 2.29. The van der Waals surface area contributed by atoms with Crippen molar-refractivity contribution >= 4 is 58.4 Å². The first-order valence-electron chi connectivity index (χ1n) is 5.99. The molecular weight excluding hydrogens is 370 g/mol. The number of carbonyl (C=O) groups excluding carboxylic acids is 2. The van der Waals surface area contributed by atoms with Crippen LogP contribution >= 0.6 is 46.7 Å².